The van der Waals surface area contributed by atoms with E-state index in [9.17, 15) is 23.7 Å². The van der Waals surface area contributed by atoms with Crippen molar-refractivity contribution < 1.29 is 43.0 Å². The van der Waals surface area contributed by atoms with Crippen molar-refractivity contribution >= 4 is 31.3 Å². The van der Waals surface area contributed by atoms with Crippen LogP contribution in [0.3, 0.4) is 0 Å². The lowest BCUT2D eigenvalue weighted by Gasteiger charge is -2.29. The van der Waals surface area contributed by atoms with Gasteiger partial charge in [0.1, 0.15) is 12.6 Å². The van der Waals surface area contributed by atoms with E-state index < -0.39 is 61.9 Å². The number of carbonyl (C=O) groups excluding carboxylic acids is 2. The van der Waals surface area contributed by atoms with Gasteiger partial charge in [-0.05, 0) is 34.1 Å². The van der Waals surface area contributed by atoms with E-state index in [-0.39, 0.29) is 12.8 Å². The van der Waals surface area contributed by atoms with Crippen LogP contribution in [0.25, 0.3) is 0 Å². The molecule has 0 bridgehead atoms. The van der Waals surface area contributed by atoms with Crippen molar-refractivity contribution in [1.29, 1.82) is 0 Å². The number of nitrogens with two attached hydrogens (primary N) is 1. The maximum absolute atomic E-state index is 13.2. The second-order valence-corrected chi connectivity index (χ2v) is 8.43. The van der Waals surface area contributed by atoms with E-state index >= 15 is 0 Å². The first-order valence-corrected chi connectivity index (χ1v) is 10.1. The fourth-order valence-electron chi connectivity index (χ4n) is 1.92. The number of amides is 2. The summed E-state index contributed by atoms with van der Waals surface area (Å²) >= 11 is 0. The SMILES string of the molecule is CC(C)OP(=O)(OC(C)C)[C@@H](NC(=O)CC[C@H](N)C(=O)O)C(=O)NCC(=O)O. The lowest BCUT2D eigenvalue weighted by atomic mass is 10.1. The van der Waals surface area contributed by atoms with Gasteiger partial charge in [-0.2, -0.15) is 0 Å². The molecule has 12 nitrogen and oxygen atoms in total. The molecule has 2 atom stereocenters. The minimum Gasteiger partial charge on any atom is -0.480 e. The molecule has 0 aromatic heterocycles. The Morgan fingerprint density at radius 3 is 1.93 bits per heavy atom. The largest absolute Gasteiger partial charge is 0.480 e. The Labute approximate surface area is 162 Å². The molecule has 162 valence electrons. The number of carbonyl (C=O) groups is 4. The van der Waals surface area contributed by atoms with E-state index in [1.807, 2.05) is 5.32 Å². The summed E-state index contributed by atoms with van der Waals surface area (Å²) in [5.74, 6) is -6.39. The third-order valence-electron chi connectivity index (χ3n) is 2.99. The Morgan fingerprint density at radius 1 is 1.04 bits per heavy atom. The highest BCUT2D eigenvalue weighted by molar-refractivity contribution is 7.55. The molecule has 0 fully saturated rings. The minimum absolute atomic E-state index is 0.231. The van der Waals surface area contributed by atoms with Crippen molar-refractivity contribution in [2.75, 3.05) is 6.54 Å². The van der Waals surface area contributed by atoms with E-state index in [4.69, 9.17) is 25.0 Å². The van der Waals surface area contributed by atoms with Gasteiger partial charge in [0.2, 0.25) is 11.7 Å². The zero-order valence-corrected chi connectivity index (χ0v) is 17.1. The van der Waals surface area contributed by atoms with Crippen LogP contribution in [0, 0.1) is 0 Å². The van der Waals surface area contributed by atoms with Gasteiger partial charge >= 0.3 is 19.5 Å². The summed E-state index contributed by atoms with van der Waals surface area (Å²) < 4.78 is 23.8. The van der Waals surface area contributed by atoms with Gasteiger partial charge in [-0.1, -0.05) is 0 Å². The van der Waals surface area contributed by atoms with Gasteiger partial charge in [-0.3, -0.25) is 23.7 Å². The molecule has 28 heavy (non-hydrogen) atoms. The van der Waals surface area contributed by atoms with Crippen LogP contribution in [0.1, 0.15) is 40.5 Å². The van der Waals surface area contributed by atoms with Gasteiger partial charge in [-0.15, -0.1) is 0 Å². The first kappa shape index (κ1) is 26.0. The number of nitrogens with one attached hydrogen (secondary N) is 2. The van der Waals surface area contributed by atoms with E-state index in [1.165, 1.54) is 27.7 Å². The summed E-state index contributed by atoms with van der Waals surface area (Å²) in [5, 5.41) is 21.7. The molecule has 0 saturated heterocycles. The van der Waals surface area contributed by atoms with E-state index in [2.05, 4.69) is 5.32 Å². The molecule has 0 saturated carbocycles. The van der Waals surface area contributed by atoms with Crippen LogP contribution in [0.2, 0.25) is 0 Å². The highest BCUT2D eigenvalue weighted by Gasteiger charge is 2.44. The summed E-state index contributed by atoms with van der Waals surface area (Å²) in [7, 11) is -4.26. The van der Waals surface area contributed by atoms with Gasteiger partial charge < -0.3 is 35.6 Å². The predicted octanol–water partition coefficient (Wildman–Crippen LogP) is -0.135. The van der Waals surface area contributed by atoms with Crippen LogP contribution in [-0.2, 0) is 32.8 Å². The maximum atomic E-state index is 13.2. The van der Waals surface area contributed by atoms with Crippen molar-refractivity contribution in [3.05, 3.63) is 0 Å². The standard InChI is InChI=1S/C15H28N3O9P/c1-8(2)26-28(25,27-9(3)4)14(13(22)17-7-12(20)21)18-11(19)6-5-10(16)15(23)24/h8-10,14H,5-7,16H2,1-4H3,(H,17,22)(H,18,19)(H,20,21)(H,23,24)/t10-,14+/m0/s1. The van der Waals surface area contributed by atoms with E-state index in [0.717, 1.165) is 0 Å². The Bertz CT molecular complexity index is 610. The van der Waals surface area contributed by atoms with Gasteiger partial charge in [0.15, 0.2) is 0 Å². The molecule has 13 heteroatoms. The Kier molecular flexibility index (Phi) is 10.9. The third kappa shape index (κ3) is 9.79. The lowest BCUT2D eigenvalue weighted by Crippen LogP contribution is -2.49. The first-order valence-electron chi connectivity index (χ1n) is 8.52. The molecule has 0 heterocycles. The number of hydrogen-bond donors (Lipinski definition) is 5. The molecule has 0 spiro atoms. The van der Waals surface area contributed by atoms with Gasteiger partial charge in [0.05, 0.1) is 12.2 Å². The average molecular weight is 425 g/mol. The molecular formula is C15H28N3O9P. The smallest absolute Gasteiger partial charge is 0.362 e. The Morgan fingerprint density at radius 2 is 1.54 bits per heavy atom. The van der Waals surface area contributed by atoms with Crippen LogP contribution < -0.4 is 16.4 Å². The number of hydrogen-bond acceptors (Lipinski definition) is 8. The summed E-state index contributed by atoms with van der Waals surface area (Å²) in [5.41, 5.74) is 5.33. The molecule has 2 amide bonds. The van der Waals surface area contributed by atoms with Crippen LogP contribution in [0.5, 0.6) is 0 Å². The predicted molar refractivity (Wildman–Crippen MR) is 97.5 cm³/mol. The van der Waals surface area contributed by atoms with Crippen molar-refractivity contribution in [3.8, 4) is 0 Å². The average Bonchev–Trinajstić information content (AvgIpc) is 2.53. The highest BCUT2D eigenvalue weighted by Crippen LogP contribution is 2.54. The van der Waals surface area contributed by atoms with Crippen LogP contribution in [-0.4, -0.2) is 64.5 Å². The molecule has 0 aliphatic heterocycles. The molecule has 0 aromatic carbocycles. The highest BCUT2D eigenvalue weighted by atomic mass is 31.2. The molecule has 0 rings (SSSR count). The van der Waals surface area contributed by atoms with Crippen molar-refractivity contribution in [2.24, 2.45) is 5.73 Å². The molecule has 0 unspecified atom stereocenters. The number of rotatable bonds is 13. The van der Waals surface area contributed by atoms with Gasteiger partial charge in [-0.25, -0.2) is 0 Å². The fourth-order valence-corrected chi connectivity index (χ4v) is 4.07. The number of carboxylic acid groups (broad SMARTS) is 2. The Hall–Kier alpha value is -2.01. The van der Waals surface area contributed by atoms with Gasteiger partial charge in [0, 0.05) is 6.42 Å². The molecule has 0 aromatic rings. The zero-order valence-electron chi connectivity index (χ0n) is 16.2. The fraction of sp³-hybridized carbons (Fsp3) is 0.733. The molecular weight excluding hydrogens is 397 g/mol. The molecule has 6 N–H and O–H groups in total. The minimum atomic E-state index is -4.26. The number of carboxylic acids is 2. The monoisotopic (exact) mass is 425 g/mol. The zero-order chi connectivity index (χ0) is 22.1. The quantitative estimate of drug-likeness (QED) is 0.248. The summed E-state index contributed by atoms with van der Waals surface area (Å²) in [6.07, 6.45) is -1.89. The summed E-state index contributed by atoms with van der Waals surface area (Å²) in [6, 6.07) is -1.30. The summed E-state index contributed by atoms with van der Waals surface area (Å²) in [6.45, 7) is 5.37. The maximum Gasteiger partial charge on any atom is 0.362 e. The molecule has 0 aliphatic rings. The molecule has 0 aliphatic carbocycles. The second-order valence-electron chi connectivity index (χ2n) is 6.41. The van der Waals surface area contributed by atoms with Crippen molar-refractivity contribution in [2.45, 2.75) is 64.6 Å². The van der Waals surface area contributed by atoms with Crippen LogP contribution >= 0.6 is 7.60 Å². The third-order valence-corrected chi connectivity index (χ3v) is 5.42. The topological polar surface area (TPSA) is 194 Å². The Balaban J connectivity index is 5.55. The summed E-state index contributed by atoms with van der Waals surface area (Å²) in [4.78, 5) is 46.0. The molecule has 0 radical (unpaired) electrons. The van der Waals surface area contributed by atoms with E-state index in [0.29, 0.717) is 0 Å². The second kappa shape index (κ2) is 11.7. The number of aliphatic carboxylic acids is 2. The van der Waals surface area contributed by atoms with Crippen molar-refractivity contribution in [3.63, 3.8) is 0 Å². The normalized spacial score (nSPS) is 13.8. The first-order chi connectivity index (χ1) is 12.8. The van der Waals surface area contributed by atoms with Crippen LogP contribution in [0.4, 0.5) is 0 Å². The van der Waals surface area contributed by atoms with Crippen molar-refractivity contribution in [1.82, 2.24) is 10.6 Å². The lowest BCUT2D eigenvalue weighted by molar-refractivity contribution is -0.139. The van der Waals surface area contributed by atoms with Gasteiger partial charge in [0.25, 0.3) is 5.91 Å². The van der Waals surface area contributed by atoms with Crippen LogP contribution in [0.15, 0.2) is 0 Å². The van der Waals surface area contributed by atoms with E-state index in [1.54, 1.807) is 0 Å².